The number of esters is 1. The standard InChI is InChI=1S/C17H22FO5P/c1-4-22-24(20,23-5-2)17(18,14-12-16(19)21-3)13-11-15-9-7-6-8-10-15/h6-10H,4-5,12,14H2,1-3H3. The van der Waals surface area contributed by atoms with Gasteiger partial charge >= 0.3 is 13.6 Å². The van der Waals surface area contributed by atoms with Crippen LogP contribution in [0, 0.1) is 11.8 Å². The summed E-state index contributed by atoms with van der Waals surface area (Å²) >= 11 is 0. The molecule has 0 radical (unpaired) electrons. The van der Waals surface area contributed by atoms with E-state index in [1.807, 2.05) is 0 Å². The summed E-state index contributed by atoms with van der Waals surface area (Å²) in [5, 5.41) is -2.61. The Hall–Kier alpha value is -1.67. The zero-order chi connectivity index (χ0) is 18.1. The van der Waals surface area contributed by atoms with E-state index in [-0.39, 0.29) is 19.6 Å². The second kappa shape index (κ2) is 9.58. The molecule has 1 aromatic carbocycles. The van der Waals surface area contributed by atoms with Crippen molar-refractivity contribution >= 4 is 13.6 Å². The molecule has 0 amide bonds. The Balaban J connectivity index is 3.21. The lowest BCUT2D eigenvalue weighted by Crippen LogP contribution is -2.25. The highest BCUT2D eigenvalue weighted by atomic mass is 31.2. The average molecular weight is 356 g/mol. The normalized spacial score (nSPS) is 13.5. The van der Waals surface area contributed by atoms with Crippen LogP contribution < -0.4 is 0 Å². The molecule has 1 atom stereocenters. The summed E-state index contributed by atoms with van der Waals surface area (Å²) in [4.78, 5) is 11.4. The van der Waals surface area contributed by atoms with Gasteiger partial charge in [-0.25, -0.2) is 4.39 Å². The molecule has 0 saturated heterocycles. The van der Waals surface area contributed by atoms with Crippen LogP contribution in [0.25, 0.3) is 0 Å². The van der Waals surface area contributed by atoms with Crippen molar-refractivity contribution in [3.63, 3.8) is 0 Å². The lowest BCUT2D eigenvalue weighted by molar-refractivity contribution is -0.141. The van der Waals surface area contributed by atoms with Gasteiger partial charge in [0.2, 0.25) is 0 Å². The lowest BCUT2D eigenvalue weighted by Gasteiger charge is -2.28. The average Bonchev–Trinajstić information content (AvgIpc) is 2.59. The smallest absolute Gasteiger partial charge is 0.379 e. The van der Waals surface area contributed by atoms with Crippen LogP contribution in [0.1, 0.15) is 32.3 Å². The van der Waals surface area contributed by atoms with Gasteiger partial charge in [-0.2, -0.15) is 0 Å². The minimum atomic E-state index is -4.19. The van der Waals surface area contributed by atoms with Crippen LogP contribution in [0.3, 0.4) is 0 Å². The molecular formula is C17H22FO5P. The van der Waals surface area contributed by atoms with Crippen LogP contribution in [0.2, 0.25) is 0 Å². The van der Waals surface area contributed by atoms with E-state index in [0.29, 0.717) is 5.56 Å². The predicted octanol–water partition coefficient (Wildman–Crippen LogP) is 3.92. The van der Waals surface area contributed by atoms with Crippen molar-refractivity contribution in [1.29, 1.82) is 0 Å². The molecule has 0 spiro atoms. The van der Waals surface area contributed by atoms with Crippen molar-refractivity contribution in [2.24, 2.45) is 0 Å². The number of benzene rings is 1. The maximum atomic E-state index is 15.5. The van der Waals surface area contributed by atoms with Crippen molar-refractivity contribution in [2.75, 3.05) is 20.3 Å². The second-order valence-electron chi connectivity index (χ2n) is 4.78. The minimum absolute atomic E-state index is 0.00576. The highest BCUT2D eigenvalue weighted by Gasteiger charge is 2.51. The molecule has 1 unspecified atom stereocenters. The Labute approximate surface area is 142 Å². The molecule has 24 heavy (non-hydrogen) atoms. The van der Waals surface area contributed by atoms with E-state index in [1.54, 1.807) is 44.2 Å². The van der Waals surface area contributed by atoms with Gasteiger partial charge in [0.15, 0.2) is 0 Å². The van der Waals surface area contributed by atoms with E-state index in [2.05, 4.69) is 16.6 Å². The quantitative estimate of drug-likeness (QED) is 0.401. The summed E-state index contributed by atoms with van der Waals surface area (Å²) < 4.78 is 43.1. The fourth-order valence-corrected chi connectivity index (χ4v) is 3.65. The zero-order valence-corrected chi connectivity index (χ0v) is 15.0. The van der Waals surface area contributed by atoms with Crippen molar-refractivity contribution in [3.8, 4) is 11.8 Å². The highest BCUT2D eigenvalue weighted by molar-refractivity contribution is 7.55. The molecule has 1 aromatic rings. The fourth-order valence-electron chi connectivity index (χ4n) is 1.91. The predicted molar refractivity (Wildman–Crippen MR) is 89.3 cm³/mol. The lowest BCUT2D eigenvalue weighted by atomic mass is 10.2. The largest absolute Gasteiger partial charge is 0.469 e. The summed E-state index contributed by atoms with van der Waals surface area (Å²) in [6.07, 6.45) is -0.739. The summed E-state index contributed by atoms with van der Waals surface area (Å²) in [5.74, 6) is 4.38. The first-order valence-electron chi connectivity index (χ1n) is 7.64. The van der Waals surface area contributed by atoms with Gasteiger partial charge in [0.25, 0.3) is 5.41 Å². The molecule has 0 fully saturated rings. The van der Waals surface area contributed by atoms with E-state index in [9.17, 15) is 9.36 Å². The number of ether oxygens (including phenoxy) is 1. The maximum absolute atomic E-state index is 15.5. The topological polar surface area (TPSA) is 61.8 Å². The van der Waals surface area contributed by atoms with Gasteiger partial charge < -0.3 is 13.8 Å². The SMILES string of the molecule is CCOP(=O)(OCC)C(F)(C#Cc1ccccc1)CCC(=O)OC. The Bertz CT molecular complexity index is 627. The van der Waals surface area contributed by atoms with Gasteiger partial charge in [0, 0.05) is 12.0 Å². The number of methoxy groups -OCH3 is 1. The molecule has 0 saturated carbocycles. The summed E-state index contributed by atoms with van der Waals surface area (Å²) in [5.41, 5.74) is 0.553. The number of hydrogen-bond donors (Lipinski definition) is 0. The van der Waals surface area contributed by atoms with Crippen molar-refractivity contribution < 1.29 is 27.5 Å². The molecule has 0 aliphatic rings. The van der Waals surface area contributed by atoms with Crippen LogP contribution in [0.15, 0.2) is 30.3 Å². The number of rotatable bonds is 8. The monoisotopic (exact) mass is 356 g/mol. The van der Waals surface area contributed by atoms with Crippen molar-refractivity contribution in [3.05, 3.63) is 35.9 Å². The molecule has 0 aliphatic heterocycles. The van der Waals surface area contributed by atoms with E-state index in [4.69, 9.17) is 9.05 Å². The first kappa shape index (κ1) is 20.4. The third kappa shape index (κ3) is 5.45. The van der Waals surface area contributed by atoms with Crippen molar-refractivity contribution in [2.45, 2.75) is 32.1 Å². The molecule has 0 aromatic heterocycles. The Morgan fingerprint density at radius 2 is 1.79 bits per heavy atom. The van der Waals surface area contributed by atoms with Gasteiger partial charge in [0.05, 0.1) is 26.7 Å². The van der Waals surface area contributed by atoms with Crippen LogP contribution in [-0.2, 0) is 23.1 Å². The van der Waals surface area contributed by atoms with Crippen LogP contribution in [-0.4, -0.2) is 31.7 Å². The van der Waals surface area contributed by atoms with Gasteiger partial charge in [-0.05, 0) is 31.9 Å². The first-order valence-corrected chi connectivity index (χ1v) is 9.18. The molecule has 0 bridgehead atoms. The molecule has 1 rings (SSSR count). The van der Waals surface area contributed by atoms with E-state index >= 15 is 4.39 Å². The molecular weight excluding hydrogens is 334 g/mol. The number of halogens is 1. The van der Waals surface area contributed by atoms with E-state index in [1.165, 1.54) is 7.11 Å². The maximum Gasteiger partial charge on any atom is 0.379 e. The Kier molecular flexibility index (Phi) is 8.14. The molecule has 0 heterocycles. The minimum Gasteiger partial charge on any atom is -0.469 e. The summed E-state index contributed by atoms with van der Waals surface area (Å²) in [6.45, 7) is 3.15. The van der Waals surface area contributed by atoms with Crippen LogP contribution >= 0.6 is 7.60 Å². The summed E-state index contributed by atoms with van der Waals surface area (Å²) in [7, 11) is -3.00. The van der Waals surface area contributed by atoms with Crippen molar-refractivity contribution in [1.82, 2.24) is 0 Å². The third-order valence-electron chi connectivity index (χ3n) is 3.09. The number of carbonyl (C=O) groups is 1. The number of carbonyl (C=O) groups excluding carboxylic acids is 1. The van der Waals surface area contributed by atoms with Crippen LogP contribution in [0.5, 0.6) is 0 Å². The van der Waals surface area contributed by atoms with Gasteiger partial charge in [-0.15, -0.1) is 0 Å². The first-order chi connectivity index (χ1) is 11.4. The third-order valence-corrected chi connectivity index (χ3v) is 5.49. The Morgan fingerprint density at radius 3 is 2.29 bits per heavy atom. The van der Waals surface area contributed by atoms with Crippen LogP contribution in [0.4, 0.5) is 4.39 Å². The molecule has 132 valence electrons. The van der Waals surface area contributed by atoms with Gasteiger partial charge in [0.1, 0.15) is 0 Å². The zero-order valence-electron chi connectivity index (χ0n) is 14.1. The highest BCUT2D eigenvalue weighted by Crippen LogP contribution is 2.62. The van der Waals surface area contributed by atoms with Gasteiger partial charge in [-0.3, -0.25) is 9.36 Å². The molecule has 5 nitrogen and oxygen atoms in total. The fraction of sp³-hybridized carbons (Fsp3) is 0.471. The van der Waals surface area contributed by atoms with Gasteiger partial charge in [-0.1, -0.05) is 24.1 Å². The molecule has 7 heteroatoms. The number of alkyl halides is 1. The summed E-state index contributed by atoms with van der Waals surface area (Å²) in [6, 6.07) is 8.70. The molecule has 0 aliphatic carbocycles. The van der Waals surface area contributed by atoms with E-state index < -0.39 is 25.4 Å². The van der Waals surface area contributed by atoms with E-state index in [0.717, 1.165) is 0 Å². The number of hydrogen-bond acceptors (Lipinski definition) is 5. The Morgan fingerprint density at radius 1 is 1.21 bits per heavy atom. The molecule has 0 N–H and O–H groups in total. The second-order valence-corrected chi connectivity index (χ2v) is 7.00.